The Hall–Kier alpha value is -0.900. The van der Waals surface area contributed by atoms with Crippen molar-refractivity contribution in [2.75, 3.05) is 0 Å². The summed E-state index contributed by atoms with van der Waals surface area (Å²) in [6.07, 6.45) is -2.66. The first kappa shape index (κ1) is 10.2. The topological polar surface area (TPSA) is 32.9 Å². The van der Waals surface area contributed by atoms with Crippen LogP contribution in [0.1, 0.15) is 23.4 Å². The second kappa shape index (κ2) is 3.87. The Labute approximate surface area is 78.5 Å². The fraction of sp³-hybridized carbons (Fsp3) is 0.375. The Morgan fingerprint density at radius 3 is 2.62 bits per heavy atom. The van der Waals surface area contributed by atoms with Crippen LogP contribution in [-0.2, 0) is 5.88 Å². The van der Waals surface area contributed by atoms with Gasteiger partial charge in [-0.15, -0.1) is 11.6 Å². The molecule has 0 spiro atoms. The van der Waals surface area contributed by atoms with Gasteiger partial charge in [0, 0.05) is 17.3 Å². The average molecular weight is 208 g/mol. The molecule has 0 fully saturated rings. The molecule has 0 atom stereocenters. The van der Waals surface area contributed by atoms with Gasteiger partial charge in [-0.05, 0) is 6.92 Å². The lowest BCUT2D eigenvalue weighted by molar-refractivity contribution is 0.145. The van der Waals surface area contributed by atoms with E-state index in [0.29, 0.717) is 11.3 Å². The summed E-state index contributed by atoms with van der Waals surface area (Å²) >= 11 is 5.46. The number of aromatic nitrogens is 1. The first-order valence-corrected chi connectivity index (χ1v) is 4.16. The second-order valence-electron chi connectivity index (χ2n) is 2.63. The molecule has 0 aliphatic heterocycles. The highest BCUT2D eigenvalue weighted by molar-refractivity contribution is 6.17. The lowest BCUT2D eigenvalue weighted by atomic mass is 10.2. The summed E-state index contributed by atoms with van der Waals surface area (Å²) in [5, 5.41) is 0. The molecule has 72 valence electrons. The van der Waals surface area contributed by atoms with E-state index in [0.717, 1.165) is 6.07 Å². The van der Waals surface area contributed by atoms with Crippen LogP contribution in [0.5, 0.6) is 0 Å². The molecule has 0 saturated heterocycles. The van der Waals surface area contributed by atoms with Gasteiger partial charge in [0.2, 0.25) is 0 Å². The first-order chi connectivity index (χ1) is 6.06. The van der Waals surface area contributed by atoms with Crippen molar-refractivity contribution in [3.05, 3.63) is 33.2 Å². The number of alkyl halides is 3. The first-order valence-electron chi connectivity index (χ1n) is 3.63. The van der Waals surface area contributed by atoms with Crippen molar-refractivity contribution in [1.29, 1.82) is 0 Å². The molecule has 0 aliphatic carbocycles. The molecule has 5 heteroatoms. The number of nitrogens with one attached hydrogen (secondary N) is 1. The smallest absolute Gasteiger partial charge is 0.278 e. The fourth-order valence-electron chi connectivity index (χ4n) is 1.02. The number of halogens is 3. The summed E-state index contributed by atoms with van der Waals surface area (Å²) < 4.78 is 24.3. The van der Waals surface area contributed by atoms with Gasteiger partial charge in [0.05, 0.1) is 11.6 Å². The summed E-state index contributed by atoms with van der Waals surface area (Å²) in [4.78, 5) is 13.6. The van der Waals surface area contributed by atoms with E-state index in [1.807, 2.05) is 0 Å². The van der Waals surface area contributed by atoms with Crippen LogP contribution in [0.4, 0.5) is 8.78 Å². The third kappa shape index (κ3) is 2.06. The number of rotatable bonds is 2. The Kier molecular flexibility index (Phi) is 3.03. The molecule has 0 saturated carbocycles. The van der Waals surface area contributed by atoms with E-state index in [2.05, 4.69) is 4.98 Å². The monoisotopic (exact) mass is 207 g/mol. The molecule has 0 aliphatic rings. The van der Waals surface area contributed by atoms with Gasteiger partial charge in [0.25, 0.3) is 6.43 Å². The van der Waals surface area contributed by atoms with E-state index in [1.54, 1.807) is 6.92 Å². The average Bonchev–Trinajstić information content (AvgIpc) is 2.03. The molecule has 1 aromatic rings. The van der Waals surface area contributed by atoms with Crippen LogP contribution in [0.15, 0.2) is 10.9 Å². The highest BCUT2D eigenvalue weighted by Crippen LogP contribution is 2.16. The number of hydrogen-bond donors (Lipinski definition) is 1. The van der Waals surface area contributed by atoms with Crippen molar-refractivity contribution in [2.45, 2.75) is 19.2 Å². The highest BCUT2D eigenvalue weighted by Gasteiger charge is 2.11. The summed E-state index contributed by atoms with van der Waals surface area (Å²) in [5.41, 5.74) is -0.0678. The summed E-state index contributed by atoms with van der Waals surface area (Å²) in [5.74, 6) is 0.0324. The Balaban J connectivity index is 3.29. The Morgan fingerprint density at radius 2 is 2.23 bits per heavy atom. The van der Waals surface area contributed by atoms with Crippen LogP contribution in [0.2, 0.25) is 0 Å². The highest BCUT2D eigenvalue weighted by atomic mass is 35.5. The van der Waals surface area contributed by atoms with Crippen LogP contribution in [0, 0.1) is 6.92 Å². The molecule has 1 heterocycles. The maximum absolute atomic E-state index is 12.2. The van der Waals surface area contributed by atoms with Crippen molar-refractivity contribution < 1.29 is 8.78 Å². The largest absolute Gasteiger partial charge is 0.357 e. The quantitative estimate of drug-likeness (QED) is 0.742. The predicted molar refractivity (Wildman–Crippen MR) is 46.3 cm³/mol. The number of aryl methyl sites for hydroxylation is 1. The van der Waals surface area contributed by atoms with Gasteiger partial charge in [0.15, 0.2) is 5.43 Å². The van der Waals surface area contributed by atoms with Crippen LogP contribution in [0.25, 0.3) is 0 Å². The molecule has 0 aromatic carbocycles. The fourth-order valence-corrected chi connectivity index (χ4v) is 1.36. The molecule has 0 amide bonds. The van der Waals surface area contributed by atoms with Crippen LogP contribution in [-0.4, -0.2) is 4.98 Å². The van der Waals surface area contributed by atoms with Crippen molar-refractivity contribution in [2.24, 2.45) is 0 Å². The normalized spacial score (nSPS) is 10.8. The summed E-state index contributed by atoms with van der Waals surface area (Å²) in [7, 11) is 0. The number of pyridine rings is 1. The third-order valence-corrected chi connectivity index (χ3v) is 2.00. The third-order valence-electron chi connectivity index (χ3n) is 1.74. The minimum absolute atomic E-state index is 0.0324. The zero-order chi connectivity index (χ0) is 10.0. The Bertz CT molecular complexity index is 362. The molecule has 0 bridgehead atoms. The van der Waals surface area contributed by atoms with Crippen molar-refractivity contribution in [3.63, 3.8) is 0 Å². The number of hydrogen-bond acceptors (Lipinski definition) is 1. The predicted octanol–water partition coefficient (Wildman–Crippen LogP) is 2.36. The Morgan fingerprint density at radius 1 is 1.62 bits per heavy atom. The lowest BCUT2D eigenvalue weighted by Gasteiger charge is -2.04. The second-order valence-corrected chi connectivity index (χ2v) is 2.89. The van der Waals surface area contributed by atoms with Gasteiger partial charge in [-0.3, -0.25) is 4.79 Å². The maximum atomic E-state index is 12.2. The van der Waals surface area contributed by atoms with Crippen molar-refractivity contribution in [1.82, 2.24) is 4.98 Å². The lowest BCUT2D eigenvalue weighted by Crippen LogP contribution is -2.12. The van der Waals surface area contributed by atoms with E-state index in [1.165, 1.54) is 0 Å². The standard InChI is InChI=1S/C8H8ClF2NO/c1-4-5(3-9)7(13)2-6(12-4)8(10)11/h2,8H,3H2,1H3,(H,12,13). The maximum Gasteiger partial charge on any atom is 0.278 e. The van der Waals surface area contributed by atoms with Crippen molar-refractivity contribution in [3.8, 4) is 0 Å². The van der Waals surface area contributed by atoms with Gasteiger partial charge < -0.3 is 4.98 Å². The molecule has 2 nitrogen and oxygen atoms in total. The SMILES string of the molecule is Cc1[nH]c(C(F)F)cc(=O)c1CCl. The molecule has 1 N–H and O–H groups in total. The minimum atomic E-state index is -2.66. The summed E-state index contributed by atoms with van der Waals surface area (Å²) in [6.45, 7) is 1.55. The molecule has 13 heavy (non-hydrogen) atoms. The van der Waals surface area contributed by atoms with E-state index in [9.17, 15) is 13.6 Å². The number of aromatic amines is 1. The zero-order valence-electron chi connectivity index (χ0n) is 6.90. The van der Waals surface area contributed by atoms with E-state index in [-0.39, 0.29) is 11.6 Å². The van der Waals surface area contributed by atoms with E-state index < -0.39 is 11.9 Å². The van der Waals surface area contributed by atoms with Crippen LogP contribution >= 0.6 is 11.6 Å². The molecule has 1 rings (SSSR count). The van der Waals surface area contributed by atoms with Gasteiger partial charge in [-0.2, -0.15) is 0 Å². The van der Waals surface area contributed by atoms with Gasteiger partial charge in [-0.25, -0.2) is 8.78 Å². The van der Waals surface area contributed by atoms with Crippen molar-refractivity contribution >= 4 is 11.6 Å². The van der Waals surface area contributed by atoms with E-state index >= 15 is 0 Å². The molecular formula is C8H8ClF2NO. The molecular weight excluding hydrogens is 200 g/mol. The molecule has 1 aromatic heterocycles. The van der Waals surface area contributed by atoms with Gasteiger partial charge in [-0.1, -0.05) is 0 Å². The van der Waals surface area contributed by atoms with Gasteiger partial charge in [0.1, 0.15) is 0 Å². The van der Waals surface area contributed by atoms with E-state index in [4.69, 9.17) is 11.6 Å². The zero-order valence-corrected chi connectivity index (χ0v) is 7.66. The molecule has 0 radical (unpaired) electrons. The summed E-state index contributed by atoms with van der Waals surface area (Å²) in [6, 6.07) is 0.884. The molecule has 0 unspecified atom stereocenters. The van der Waals surface area contributed by atoms with Crippen LogP contribution < -0.4 is 5.43 Å². The van der Waals surface area contributed by atoms with Crippen LogP contribution in [0.3, 0.4) is 0 Å². The minimum Gasteiger partial charge on any atom is -0.357 e. The van der Waals surface area contributed by atoms with Gasteiger partial charge >= 0.3 is 0 Å². The number of H-pyrrole nitrogens is 1.